The van der Waals surface area contributed by atoms with E-state index in [1.54, 1.807) is 24.3 Å². The van der Waals surface area contributed by atoms with Crippen molar-refractivity contribution < 1.29 is 22.8 Å². The molecule has 1 aliphatic heterocycles. The molecule has 2 aliphatic rings. The quantitative estimate of drug-likeness (QED) is 0.768. The second kappa shape index (κ2) is 8.41. The molecule has 1 aliphatic carbocycles. The van der Waals surface area contributed by atoms with Gasteiger partial charge in [-0.15, -0.1) is 0 Å². The summed E-state index contributed by atoms with van der Waals surface area (Å²) < 4.78 is 37.8. The highest BCUT2D eigenvalue weighted by Crippen LogP contribution is 2.31. The number of hydrogen-bond donors (Lipinski definition) is 1. The number of rotatable bonds is 7. The molecule has 5 nitrogen and oxygen atoms in total. The van der Waals surface area contributed by atoms with Gasteiger partial charge >= 0.3 is 6.18 Å². The first-order valence-corrected chi connectivity index (χ1v) is 9.73. The maximum atomic E-state index is 12.7. The first kappa shape index (κ1) is 20.5. The van der Waals surface area contributed by atoms with E-state index in [0.717, 1.165) is 37.9 Å². The van der Waals surface area contributed by atoms with Crippen molar-refractivity contribution in [3.8, 4) is 0 Å². The van der Waals surface area contributed by atoms with Gasteiger partial charge in [-0.05, 0) is 55.9 Å². The molecule has 1 saturated heterocycles. The van der Waals surface area contributed by atoms with Crippen molar-refractivity contribution in [3.63, 3.8) is 0 Å². The van der Waals surface area contributed by atoms with E-state index in [1.807, 2.05) is 0 Å². The van der Waals surface area contributed by atoms with Crippen LogP contribution in [0.2, 0.25) is 0 Å². The smallest absolute Gasteiger partial charge is 0.371 e. The lowest BCUT2D eigenvalue weighted by atomic mass is 9.97. The normalized spacial score (nSPS) is 20.1. The Kier molecular flexibility index (Phi) is 6.15. The summed E-state index contributed by atoms with van der Waals surface area (Å²) in [5.41, 5.74) is 6.68. The standard InChI is InChI=1S/C20H26F3N3O2/c21-20(22,23)9-11-26(12-14-3-4-14)19(28)15-5-7-17(8-6-15)25-10-1-2-16(13-25)18(24)27/h5-8,14,16H,1-4,9-13H2,(H2,24,27). The summed E-state index contributed by atoms with van der Waals surface area (Å²) in [6.07, 6.45) is -1.71. The molecule has 154 valence electrons. The number of hydrogen-bond acceptors (Lipinski definition) is 3. The van der Waals surface area contributed by atoms with Crippen LogP contribution < -0.4 is 10.6 Å². The van der Waals surface area contributed by atoms with Crippen molar-refractivity contribution >= 4 is 17.5 Å². The molecule has 1 heterocycles. The third-order valence-corrected chi connectivity index (χ3v) is 5.43. The summed E-state index contributed by atoms with van der Waals surface area (Å²) in [4.78, 5) is 27.6. The largest absolute Gasteiger partial charge is 0.390 e. The first-order valence-electron chi connectivity index (χ1n) is 9.73. The Hall–Kier alpha value is -2.25. The number of piperidine rings is 1. The van der Waals surface area contributed by atoms with Gasteiger partial charge in [0, 0.05) is 37.4 Å². The minimum absolute atomic E-state index is 0.188. The predicted molar refractivity (Wildman–Crippen MR) is 99.9 cm³/mol. The maximum absolute atomic E-state index is 12.7. The van der Waals surface area contributed by atoms with Gasteiger partial charge in [0.15, 0.2) is 0 Å². The van der Waals surface area contributed by atoms with E-state index in [4.69, 9.17) is 5.73 Å². The molecule has 0 spiro atoms. The predicted octanol–water partition coefficient (Wildman–Crippen LogP) is 3.19. The van der Waals surface area contributed by atoms with E-state index < -0.39 is 12.6 Å². The number of anilines is 1. The Bertz CT molecular complexity index is 702. The van der Waals surface area contributed by atoms with Crippen LogP contribution in [0.5, 0.6) is 0 Å². The summed E-state index contributed by atoms with van der Waals surface area (Å²) in [5.74, 6) is -0.546. The van der Waals surface area contributed by atoms with E-state index in [9.17, 15) is 22.8 Å². The number of nitrogens with two attached hydrogens (primary N) is 1. The topological polar surface area (TPSA) is 66.6 Å². The fraction of sp³-hybridized carbons (Fsp3) is 0.600. The van der Waals surface area contributed by atoms with Crippen LogP contribution in [0.4, 0.5) is 18.9 Å². The number of carbonyl (C=O) groups excluding carboxylic acids is 2. The van der Waals surface area contributed by atoms with Gasteiger partial charge in [-0.1, -0.05) is 0 Å². The van der Waals surface area contributed by atoms with Gasteiger partial charge in [0.1, 0.15) is 0 Å². The van der Waals surface area contributed by atoms with E-state index in [1.165, 1.54) is 4.90 Å². The van der Waals surface area contributed by atoms with Crippen LogP contribution >= 0.6 is 0 Å². The zero-order chi connectivity index (χ0) is 20.3. The summed E-state index contributed by atoms with van der Waals surface area (Å²) in [7, 11) is 0. The molecular formula is C20H26F3N3O2. The van der Waals surface area contributed by atoms with Gasteiger partial charge in [0.25, 0.3) is 5.91 Å². The van der Waals surface area contributed by atoms with Crippen LogP contribution in [0.25, 0.3) is 0 Å². The van der Waals surface area contributed by atoms with Crippen molar-refractivity contribution in [2.45, 2.75) is 38.3 Å². The molecular weight excluding hydrogens is 371 g/mol. The number of primary amides is 1. The van der Waals surface area contributed by atoms with Gasteiger partial charge < -0.3 is 15.5 Å². The van der Waals surface area contributed by atoms with E-state index in [0.29, 0.717) is 24.6 Å². The number of amides is 2. The molecule has 1 unspecified atom stereocenters. The van der Waals surface area contributed by atoms with Gasteiger partial charge in [-0.25, -0.2) is 0 Å². The Labute approximate surface area is 162 Å². The van der Waals surface area contributed by atoms with Crippen molar-refractivity contribution in [2.75, 3.05) is 31.1 Å². The molecule has 2 fully saturated rings. The fourth-order valence-corrected chi connectivity index (χ4v) is 3.59. The molecule has 28 heavy (non-hydrogen) atoms. The van der Waals surface area contributed by atoms with Crippen molar-refractivity contribution in [1.29, 1.82) is 0 Å². The molecule has 0 bridgehead atoms. The second-order valence-electron chi connectivity index (χ2n) is 7.79. The fourth-order valence-electron chi connectivity index (χ4n) is 3.59. The lowest BCUT2D eigenvalue weighted by Gasteiger charge is -2.33. The monoisotopic (exact) mass is 397 g/mol. The average molecular weight is 397 g/mol. The highest BCUT2D eigenvalue weighted by molar-refractivity contribution is 5.94. The molecule has 1 atom stereocenters. The van der Waals surface area contributed by atoms with Crippen molar-refractivity contribution in [1.82, 2.24) is 4.90 Å². The summed E-state index contributed by atoms with van der Waals surface area (Å²) in [6.45, 7) is 1.41. The van der Waals surface area contributed by atoms with Crippen LogP contribution in [0.3, 0.4) is 0 Å². The van der Waals surface area contributed by atoms with Gasteiger partial charge in [0.2, 0.25) is 5.91 Å². The van der Waals surface area contributed by atoms with Crippen molar-refractivity contribution in [3.05, 3.63) is 29.8 Å². The Morgan fingerprint density at radius 1 is 1.14 bits per heavy atom. The lowest BCUT2D eigenvalue weighted by Crippen LogP contribution is -2.41. The molecule has 3 rings (SSSR count). The Morgan fingerprint density at radius 3 is 2.39 bits per heavy atom. The number of halogens is 3. The minimum atomic E-state index is -4.28. The first-order chi connectivity index (χ1) is 13.2. The molecule has 2 amide bonds. The van der Waals surface area contributed by atoms with E-state index >= 15 is 0 Å². The molecule has 8 heteroatoms. The summed E-state index contributed by atoms with van der Waals surface area (Å²) in [6, 6.07) is 6.88. The second-order valence-corrected chi connectivity index (χ2v) is 7.79. The van der Waals surface area contributed by atoms with Gasteiger partial charge in [-0.3, -0.25) is 9.59 Å². The van der Waals surface area contributed by atoms with E-state index in [2.05, 4.69) is 4.90 Å². The highest BCUT2D eigenvalue weighted by atomic mass is 19.4. The Balaban J connectivity index is 1.66. The third kappa shape index (κ3) is 5.62. The zero-order valence-electron chi connectivity index (χ0n) is 15.8. The van der Waals surface area contributed by atoms with Crippen LogP contribution in [0.15, 0.2) is 24.3 Å². The van der Waals surface area contributed by atoms with E-state index in [-0.39, 0.29) is 24.3 Å². The molecule has 1 saturated carbocycles. The van der Waals surface area contributed by atoms with Gasteiger partial charge in [0.05, 0.1) is 12.3 Å². The summed E-state index contributed by atoms with van der Waals surface area (Å²) >= 11 is 0. The summed E-state index contributed by atoms with van der Waals surface area (Å²) in [5, 5.41) is 0. The lowest BCUT2D eigenvalue weighted by molar-refractivity contribution is -0.136. The highest BCUT2D eigenvalue weighted by Gasteiger charge is 2.32. The number of alkyl halides is 3. The van der Waals surface area contributed by atoms with Crippen LogP contribution in [0, 0.1) is 11.8 Å². The van der Waals surface area contributed by atoms with Crippen LogP contribution in [0.1, 0.15) is 42.5 Å². The van der Waals surface area contributed by atoms with Crippen molar-refractivity contribution in [2.24, 2.45) is 17.6 Å². The molecule has 0 radical (unpaired) electrons. The van der Waals surface area contributed by atoms with Crippen LogP contribution in [-0.2, 0) is 4.79 Å². The molecule has 0 aromatic heterocycles. The number of nitrogens with zero attached hydrogens (tertiary/aromatic N) is 2. The SMILES string of the molecule is NC(=O)C1CCCN(c2ccc(C(=O)N(CCC(F)(F)F)CC3CC3)cc2)C1. The third-order valence-electron chi connectivity index (χ3n) is 5.43. The number of carbonyl (C=O) groups is 2. The zero-order valence-corrected chi connectivity index (χ0v) is 15.8. The molecule has 2 N–H and O–H groups in total. The van der Waals surface area contributed by atoms with Gasteiger partial charge in [-0.2, -0.15) is 13.2 Å². The maximum Gasteiger partial charge on any atom is 0.390 e. The number of benzene rings is 1. The molecule has 1 aromatic rings. The van der Waals surface area contributed by atoms with Crippen LogP contribution in [-0.4, -0.2) is 49.1 Å². The Morgan fingerprint density at radius 2 is 1.82 bits per heavy atom. The molecule has 1 aromatic carbocycles. The average Bonchev–Trinajstić information content (AvgIpc) is 3.48. The minimum Gasteiger partial charge on any atom is -0.371 e.